The molecule has 0 spiro atoms. The molecule has 31 heavy (non-hydrogen) atoms. The van der Waals surface area contributed by atoms with Crippen LogP contribution in [0.15, 0.2) is 30.3 Å². The van der Waals surface area contributed by atoms with E-state index in [4.69, 9.17) is 14.2 Å². The van der Waals surface area contributed by atoms with Crippen molar-refractivity contribution in [2.24, 2.45) is 0 Å². The van der Waals surface area contributed by atoms with E-state index in [1.54, 1.807) is 25.7 Å². The largest absolute Gasteiger partial charge is 0.468 e. The zero-order valence-corrected chi connectivity index (χ0v) is 18.7. The molecule has 0 aliphatic carbocycles. The third-order valence-electron chi connectivity index (χ3n) is 4.73. The predicted molar refractivity (Wildman–Crippen MR) is 114 cm³/mol. The van der Waals surface area contributed by atoms with E-state index < -0.39 is 23.7 Å². The van der Waals surface area contributed by atoms with Gasteiger partial charge in [-0.25, -0.2) is 9.59 Å². The Morgan fingerprint density at radius 2 is 1.77 bits per heavy atom. The lowest BCUT2D eigenvalue weighted by molar-refractivity contribution is -0.143. The number of amides is 2. The first-order valence-electron chi connectivity index (χ1n) is 10.4. The van der Waals surface area contributed by atoms with Gasteiger partial charge in [0.05, 0.1) is 7.11 Å². The molecule has 0 aromatic heterocycles. The molecule has 1 aliphatic heterocycles. The van der Waals surface area contributed by atoms with Crippen molar-refractivity contribution in [2.75, 3.05) is 26.7 Å². The van der Waals surface area contributed by atoms with Crippen LogP contribution in [0.25, 0.3) is 0 Å². The third kappa shape index (κ3) is 8.84. The standard InChI is InChI=1S/C22H33N3O6/c1-22(2,3)31-20(27)23-14-18(19(26)29-4)24-17-10-12-25(13-11-17)21(28)30-15-16-8-6-5-7-9-16/h5-9,17-18,24H,10-15H2,1-4H3,(H,23,27)/t18-/m1/s1. The second kappa shape index (κ2) is 11.5. The lowest BCUT2D eigenvalue weighted by atomic mass is 10.0. The van der Waals surface area contributed by atoms with Crippen LogP contribution >= 0.6 is 0 Å². The predicted octanol–water partition coefficient (Wildman–Crippen LogP) is 2.44. The number of ether oxygens (including phenoxy) is 3. The van der Waals surface area contributed by atoms with Gasteiger partial charge in [-0.3, -0.25) is 10.1 Å². The normalized spacial score (nSPS) is 15.7. The Balaban J connectivity index is 1.77. The molecule has 1 atom stereocenters. The van der Waals surface area contributed by atoms with Gasteiger partial charge in [0, 0.05) is 25.7 Å². The molecule has 172 valence electrons. The highest BCUT2D eigenvalue weighted by molar-refractivity contribution is 5.77. The molecular weight excluding hydrogens is 402 g/mol. The van der Waals surface area contributed by atoms with Crippen LogP contribution in [0.4, 0.5) is 9.59 Å². The number of likely N-dealkylation sites (tertiary alicyclic amines) is 1. The molecule has 0 unspecified atom stereocenters. The molecule has 0 saturated carbocycles. The quantitative estimate of drug-likeness (QED) is 0.500. The number of benzene rings is 1. The summed E-state index contributed by atoms with van der Waals surface area (Å²) in [5.74, 6) is -0.472. The number of hydrogen-bond donors (Lipinski definition) is 2. The fourth-order valence-corrected chi connectivity index (χ4v) is 3.18. The molecule has 2 rings (SSSR count). The van der Waals surface area contributed by atoms with Gasteiger partial charge in [-0.05, 0) is 39.2 Å². The van der Waals surface area contributed by atoms with Crippen molar-refractivity contribution >= 4 is 18.2 Å². The molecule has 1 aliphatic rings. The van der Waals surface area contributed by atoms with Crippen molar-refractivity contribution in [3.05, 3.63) is 35.9 Å². The lowest BCUT2D eigenvalue weighted by Crippen LogP contribution is -2.54. The molecule has 9 heteroatoms. The topological polar surface area (TPSA) is 106 Å². The summed E-state index contributed by atoms with van der Waals surface area (Å²) in [7, 11) is 1.30. The van der Waals surface area contributed by atoms with Gasteiger partial charge in [0.1, 0.15) is 18.2 Å². The number of alkyl carbamates (subject to hydrolysis) is 1. The van der Waals surface area contributed by atoms with E-state index in [1.165, 1.54) is 7.11 Å². The summed E-state index contributed by atoms with van der Waals surface area (Å²) in [6.07, 6.45) is 0.360. The minimum Gasteiger partial charge on any atom is -0.468 e. The fraction of sp³-hybridized carbons (Fsp3) is 0.591. The second-order valence-electron chi connectivity index (χ2n) is 8.43. The van der Waals surface area contributed by atoms with E-state index >= 15 is 0 Å². The highest BCUT2D eigenvalue weighted by Gasteiger charge is 2.29. The van der Waals surface area contributed by atoms with Gasteiger partial charge in [-0.15, -0.1) is 0 Å². The van der Waals surface area contributed by atoms with Crippen molar-refractivity contribution in [2.45, 2.75) is 57.9 Å². The Morgan fingerprint density at radius 1 is 1.13 bits per heavy atom. The molecule has 1 saturated heterocycles. The maximum atomic E-state index is 12.3. The summed E-state index contributed by atoms with van der Waals surface area (Å²) in [4.78, 5) is 37.9. The Hall–Kier alpha value is -2.81. The molecule has 2 amide bonds. The first kappa shape index (κ1) is 24.5. The van der Waals surface area contributed by atoms with E-state index in [0.29, 0.717) is 25.9 Å². The highest BCUT2D eigenvalue weighted by atomic mass is 16.6. The number of methoxy groups -OCH3 is 1. The summed E-state index contributed by atoms with van der Waals surface area (Å²) in [5, 5.41) is 5.81. The molecule has 2 N–H and O–H groups in total. The first-order chi connectivity index (χ1) is 14.7. The third-order valence-corrected chi connectivity index (χ3v) is 4.73. The monoisotopic (exact) mass is 435 g/mol. The molecule has 0 radical (unpaired) electrons. The molecule has 9 nitrogen and oxygen atoms in total. The molecule has 1 heterocycles. The maximum Gasteiger partial charge on any atom is 0.410 e. The van der Waals surface area contributed by atoms with Crippen molar-refractivity contribution in [1.82, 2.24) is 15.5 Å². The van der Waals surface area contributed by atoms with Crippen LogP contribution in [0, 0.1) is 0 Å². The van der Waals surface area contributed by atoms with Crippen LogP contribution in [0.3, 0.4) is 0 Å². The van der Waals surface area contributed by atoms with Crippen molar-refractivity contribution in [3.63, 3.8) is 0 Å². The van der Waals surface area contributed by atoms with Crippen LogP contribution in [-0.2, 0) is 25.6 Å². The summed E-state index contributed by atoms with van der Waals surface area (Å²) >= 11 is 0. The average molecular weight is 436 g/mol. The second-order valence-corrected chi connectivity index (χ2v) is 8.43. The zero-order chi connectivity index (χ0) is 22.9. The van der Waals surface area contributed by atoms with Crippen LogP contribution in [0.1, 0.15) is 39.2 Å². The Morgan fingerprint density at radius 3 is 2.35 bits per heavy atom. The molecule has 1 aromatic carbocycles. The SMILES string of the molecule is COC(=O)[C@@H](CNC(=O)OC(C)(C)C)NC1CCN(C(=O)OCc2ccccc2)CC1. The minimum atomic E-state index is -0.709. The summed E-state index contributed by atoms with van der Waals surface area (Å²) in [5.41, 5.74) is 0.311. The Labute approximate surface area is 183 Å². The van der Waals surface area contributed by atoms with Gasteiger partial charge < -0.3 is 24.4 Å². The van der Waals surface area contributed by atoms with Crippen molar-refractivity contribution in [1.29, 1.82) is 0 Å². The lowest BCUT2D eigenvalue weighted by Gasteiger charge is -2.33. The number of carbonyl (C=O) groups excluding carboxylic acids is 3. The summed E-state index contributed by atoms with van der Waals surface area (Å²) in [6.45, 7) is 6.60. The summed E-state index contributed by atoms with van der Waals surface area (Å²) in [6, 6.07) is 8.81. The van der Waals surface area contributed by atoms with Crippen LogP contribution in [0.5, 0.6) is 0 Å². The van der Waals surface area contributed by atoms with Gasteiger partial charge >= 0.3 is 18.2 Å². The molecule has 0 bridgehead atoms. The van der Waals surface area contributed by atoms with Gasteiger partial charge in [-0.2, -0.15) is 0 Å². The molecule has 1 aromatic rings. The number of esters is 1. The molecule has 1 fully saturated rings. The fourth-order valence-electron chi connectivity index (χ4n) is 3.18. The highest BCUT2D eigenvalue weighted by Crippen LogP contribution is 2.14. The van der Waals surface area contributed by atoms with Crippen molar-refractivity contribution in [3.8, 4) is 0 Å². The Bertz CT molecular complexity index is 727. The first-order valence-corrected chi connectivity index (χ1v) is 10.4. The number of hydrogen-bond acceptors (Lipinski definition) is 7. The van der Waals surface area contributed by atoms with Gasteiger partial charge in [-0.1, -0.05) is 30.3 Å². The van der Waals surface area contributed by atoms with E-state index in [2.05, 4.69) is 10.6 Å². The average Bonchev–Trinajstić information content (AvgIpc) is 2.74. The molecular formula is C22H33N3O6. The van der Waals surface area contributed by atoms with Crippen molar-refractivity contribution < 1.29 is 28.6 Å². The van der Waals surface area contributed by atoms with Crippen LogP contribution in [0.2, 0.25) is 0 Å². The van der Waals surface area contributed by atoms with E-state index in [0.717, 1.165) is 5.56 Å². The van der Waals surface area contributed by atoms with E-state index in [1.807, 2.05) is 30.3 Å². The van der Waals surface area contributed by atoms with Gasteiger partial charge in [0.15, 0.2) is 0 Å². The van der Waals surface area contributed by atoms with Gasteiger partial charge in [0.2, 0.25) is 0 Å². The van der Waals surface area contributed by atoms with Crippen LogP contribution in [-0.4, -0.2) is 67.5 Å². The minimum absolute atomic E-state index is 0.00251. The van der Waals surface area contributed by atoms with Crippen LogP contribution < -0.4 is 10.6 Å². The zero-order valence-electron chi connectivity index (χ0n) is 18.7. The number of nitrogens with zero attached hydrogens (tertiary/aromatic N) is 1. The van der Waals surface area contributed by atoms with E-state index in [9.17, 15) is 14.4 Å². The number of carbonyl (C=O) groups is 3. The maximum absolute atomic E-state index is 12.3. The number of nitrogens with one attached hydrogen (secondary N) is 2. The smallest absolute Gasteiger partial charge is 0.410 e. The van der Waals surface area contributed by atoms with E-state index in [-0.39, 0.29) is 25.3 Å². The Kier molecular flexibility index (Phi) is 9.11. The number of piperidine rings is 1. The number of rotatable bonds is 7. The van der Waals surface area contributed by atoms with Gasteiger partial charge in [0.25, 0.3) is 0 Å². The summed E-state index contributed by atoms with van der Waals surface area (Å²) < 4.78 is 15.4.